The quantitative estimate of drug-likeness (QED) is 0.727. The monoisotopic (exact) mass is 234 g/mol. The zero-order valence-corrected chi connectivity index (χ0v) is 11.6. The Balaban J connectivity index is 2.01. The third-order valence-electron chi connectivity index (χ3n) is 3.33. The molecule has 2 heteroatoms. The fourth-order valence-corrected chi connectivity index (χ4v) is 3.40. The molecule has 88 valence electrons. The van der Waals surface area contributed by atoms with E-state index < -0.39 is 8.07 Å². The van der Waals surface area contributed by atoms with Crippen LogP contribution in [-0.2, 0) is 0 Å². The van der Waals surface area contributed by atoms with E-state index in [2.05, 4.69) is 43.9 Å². The molecule has 1 aromatic carbocycles. The molecule has 1 fully saturated rings. The van der Waals surface area contributed by atoms with Gasteiger partial charge in [-0.15, -0.1) is 0 Å². The largest absolute Gasteiger partial charge is 0.490 e. The van der Waals surface area contributed by atoms with Crippen LogP contribution in [-0.4, -0.2) is 14.2 Å². The predicted molar refractivity (Wildman–Crippen MR) is 72.3 cm³/mol. The van der Waals surface area contributed by atoms with E-state index in [1.165, 1.54) is 30.9 Å². The van der Waals surface area contributed by atoms with Gasteiger partial charge in [0.1, 0.15) is 5.75 Å². The fourth-order valence-electron chi connectivity index (χ4n) is 2.23. The Hall–Kier alpha value is -0.763. The van der Waals surface area contributed by atoms with Crippen molar-refractivity contribution < 1.29 is 4.74 Å². The second-order valence-electron chi connectivity index (χ2n) is 5.80. The van der Waals surface area contributed by atoms with E-state index in [-0.39, 0.29) is 0 Å². The number of hydrogen-bond acceptors (Lipinski definition) is 1. The van der Waals surface area contributed by atoms with Crippen LogP contribution in [0.3, 0.4) is 0 Å². The molecule has 1 nitrogen and oxygen atoms in total. The molecule has 1 aliphatic rings. The molecule has 0 bridgehead atoms. The van der Waals surface area contributed by atoms with Crippen LogP contribution in [0.1, 0.15) is 25.7 Å². The molecule has 2 rings (SSSR count). The van der Waals surface area contributed by atoms with Crippen LogP contribution < -0.4 is 9.92 Å². The van der Waals surface area contributed by atoms with Gasteiger partial charge in [-0.3, -0.25) is 0 Å². The van der Waals surface area contributed by atoms with Gasteiger partial charge in [0.05, 0.1) is 14.2 Å². The summed E-state index contributed by atoms with van der Waals surface area (Å²) in [6.07, 6.45) is 5.60. The molecule has 0 spiro atoms. The van der Waals surface area contributed by atoms with E-state index in [1.54, 1.807) is 0 Å². The molecule has 0 amide bonds. The molecule has 0 saturated heterocycles. The van der Waals surface area contributed by atoms with E-state index in [9.17, 15) is 0 Å². The smallest absolute Gasteiger partial charge is 0.119 e. The summed E-state index contributed by atoms with van der Waals surface area (Å²) in [6, 6.07) is 8.78. The average molecular weight is 234 g/mol. The molecule has 0 N–H and O–H groups in total. The number of rotatable bonds is 3. The minimum Gasteiger partial charge on any atom is -0.490 e. The molecule has 0 unspecified atom stereocenters. The first-order valence-electron chi connectivity index (χ1n) is 6.33. The van der Waals surface area contributed by atoms with Crippen LogP contribution in [0.5, 0.6) is 5.75 Å². The third kappa shape index (κ3) is 2.88. The lowest BCUT2D eigenvalue weighted by atomic mass is 10.3. The fraction of sp³-hybridized carbons (Fsp3) is 0.571. The van der Waals surface area contributed by atoms with Gasteiger partial charge >= 0.3 is 0 Å². The van der Waals surface area contributed by atoms with Crippen molar-refractivity contribution in [3.05, 3.63) is 24.3 Å². The SMILES string of the molecule is C[Si](C)(C)c1ccc(OC2CCCC2)cc1. The van der Waals surface area contributed by atoms with Gasteiger partial charge in [-0.2, -0.15) is 0 Å². The molecular formula is C14H22OSi. The Morgan fingerprint density at radius 2 is 1.56 bits per heavy atom. The summed E-state index contributed by atoms with van der Waals surface area (Å²) in [6.45, 7) is 7.12. The van der Waals surface area contributed by atoms with E-state index >= 15 is 0 Å². The van der Waals surface area contributed by atoms with Gasteiger partial charge < -0.3 is 4.74 Å². The molecule has 16 heavy (non-hydrogen) atoms. The Labute approximate surface area is 99.8 Å². The first-order valence-corrected chi connectivity index (χ1v) is 9.83. The molecular weight excluding hydrogens is 212 g/mol. The molecule has 0 aliphatic heterocycles. The maximum Gasteiger partial charge on any atom is 0.119 e. The molecule has 0 heterocycles. The minimum absolute atomic E-state index is 0.470. The van der Waals surface area contributed by atoms with Crippen LogP contribution in [0.4, 0.5) is 0 Å². The maximum absolute atomic E-state index is 5.96. The highest BCUT2D eigenvalue weighted by molar-refractivity contribution is 6.88. The third-order valence-corrected chi connectivity index (χ3v) is 5.39. The molecule has 0 aromatic heterocycles. The lowest BCUT2D eigenvalue weighted by molar-refractivity contribution is 0.210. The van der Waals surface area contributed by atoms with Gasteiger partial charge in [-0.05, 0) is 37.8 Å². The lowest BCUT2D eigenvalue weighted by Gasteiger charge is -2.18. The van der Waals surface area contributed by atoms with E-state index in [1.807, 2.05) is 0 Å². The highest BCUT2D eigenvalue weighted by Gasteiger charge is 2.18. The van der Waals surface area contributed by atoms with Crippen molar-refractivity contribution in [3.8, 4) is 5.75 Å². The zero-order valence-electron chi connectivity index (χ0n) is 10.6. The Bertz CT molecular complexity index is 331. The van der Waals surface area contributed by atoms with Crippen molar-refractivity contribution in [3.63, 3.8) is 0 Å². The Kier molecular flexibility index (Phi) is 3.38. The van der Waals surface area contributed by atoms with Gasteiger partial charge in [0.2, 0.25) is 0 Å². The summed E-state index contributed by atoms with van der Waals surface area (Å²) in [5.74, 6) is 1.05. The van der Waals surface area contributed by atoms with Gasteiger partial charge in [-0.1, -0.05) is 37.0 Å². The highest BCUT2D eigenvalue weighted by atomic mass is 28.3. The molecule has 1 aromatic rings. The molecule has 0 atom stereocenters. The van der Waals surface area contributed by atoms with E-state index in [0.29, 0.717) is 6.10 Å². The maximum atomic E-state index is 5.96. The van der Waals surface area contributed by atoms with Crippen LogP contribution in [0.15, 0.2) is 24.3 Å². The van der Waals surface area contributed by atoms with Crippen LogP contribution in [0, 0.1) is 0 Å². The van der Waals surface area contributed by atoms with Gasteiger partial charge in [0.15, 0.2) is 0 Å². The number of hydrogen-bond donors (Lipinski definition) is 0. The van der Waals surface area contributed by atoms with Crippen LogP contribution in [0.2, 0.25) is 19.6 Å². The topological polar surface area (TPSA) is 9.23 Å². The van der Waals surface area contributed by atoms with Crippen molar-refractivity contribution in [2.75, 3.05) is 0 Å². The molecule has 1 aliphatic carbocycles. The zero-order chi connectivity index (χ0) is 11.6. The van der Waals surface area contributed by atoms with Crippen molar-refractivity contribution in [1.29, 1.82) is 0 Å². The van der Waals surface area contributed by atoms with E-state index in [0.717, 1.165) is 5.75 Å². The second-order valence-corrected chi connectivity index (χ2v) is 10.9. The second kappa shape index (κ2) is 4.62. The van der Waals surface area contributed by atoms with Crippen LogP contribution in [0.25, 0.3) is 0 Å². The van der Waals surface area contributed by atoms with Gasteiger partial charge in [-0.25, -0.2) is 0 Å². The Morgan fingerprint density at radius 3 is 2.06 bits per heavy atom. The van der Waals surface area contributed by atoms with Crippen molar-refractivity contribution in [2.45, 2.75) is 51.4 Å². The summed E-state index contributed by atoms with van der Waals surface area (Å²) in [7, 11) is -1.16. The first-order chi connectivity index (χ1) is 7.55. The van der Waals surface area contributed by atoms with E-state index in [4.69, 9.17) is 4.74 Å². The van der Waals surface area contributed by atoms with Crippen molar-refractivity contribution >= 4 is 13.3 Å². The van der Waals surface area contributed by atoms with Gasteiger partial charge in [0.25, 0.3) is 0 Å². The molecule has 0 radical (unpaired) electrons. The average Bonchev–Trinajstić information content (AvgIpc) is 2.70. The summed E-state index contributed by atoms with van der Waals surface area (Å²) in [5, 5.41) is 1.51. The van der Waals surface area contributed by atoms with Crippen molar-refractivity contribution in [1.82, 2.24) is 0 Å². The summed E-state index contributed by atoms with van der Waals surface area (Å²) in [4.78, 5) is 0. The minimum atomic E-state index is -1.16. The van der Waals surface area contributed by atoms with Crippen molar-refractivity contribution in [2.24, 2.45) is 0 Å². The standard InChI is InChI=1S/C14H22OSi/c1-16(2,3)14-10-8-13(9-11-14)15-12-6-4-5-7-12/h8-12H,4-7H2,1-3H3. The summed E-state index contributed by atoms with van der Waals surface area (Å²) >= 11 is 0. The lowest BCUT2D eigenvalue weighted by Crippen LogP contribution is -2.37. The highest BCUT2D eigenvalue weighted by Crippen LogP contribution is 2.23. The summed E-state index contributed by atoms with van der Waals surface area (Å²) < 4.78 is 5.96. The first kappa shape index (κ1) is 11.7. The Morgan fingerprint density at radius 1 is 1.00 bits per heavy atom. The predicted octanol–water partition coefficient (Wildman–Crippen LogP) is 3.55. The molecule has 1 saturated carbocycles. The van der Waals surface area contributed by atoms with Gasteiger partial charge in [0, 0.05) is 0 Å². The van der Waals surface area contributed by atoms with Crippen LogP contribution >= 0.6 is 0 Å². The normalized spacial score (nSPS) is 17.7. The summed E-state index contributed by atoms with van der Waals surface area (Å²) in [5.41, 5.74) is 0. The number of benzene rings is 1. The number of ether oxygens (including phenoxy) is 1.